The van der Waals surface area contributed by atoms with Crippen LogP contribution in [-0.4, -0.2) is 13.4 Å². The maximum atomic E-state index is 13.6. The van der Waals surface area contributed by atoms with Gasteiger partial charge in [0.1, 0.15) is 11.6 Å². The maximum absolute atomic E-state index is 13.6. The van der Waals surface area contributed by atoms with Crippen LogP contribution in [-0.2, 0) is 9.84 Å². The molecule has 0 saturated heterocycles. The molecule has 0 spiro atoms. The molecule has 0 atom stereocenters. The van der Waals surface area contributed by atoms with Crippen molar-refractivity contribution in [3.63, 3.8) is 0 Å². The van der Waals surface area contributed by atoms with E-state index in [1.165, 1.54) is 36.4 Å². The van der Waals surface area contributed by atoms with E-state index in [1.54, 1.807) is 24.3 Å². The van der Waals surface area contributed by atoms with Crippen molar-refractivity contribution >= 4 is 32.3 Å². The summed E-state index contributed by atoms with van der Waals surface area (Å²) in [6.45, 7) is 0. The van der Waals surface area contributed by atoms with Crippen molar-refractivity contribution in [1.82, 2.24) is 4.98 Å². The van der Waals surface area contributed by atoms with Crippen LogP contribution < -0.4 is 0 Å². The highest BCUT2D eigenvalue weighted by molar-refractivity contribution is 7.91. The van der Waals surface area contributed by atoms with Crippen LogP contribution in [0.1, 0.15) is 0 Å². The Morgan fingerprint density at radius 2 is 1.43 bits per heavy atom. The number of benzene rings is 3. The number of aromatic nitrogens is 1. The Morgan fingerprint density at radius 1 is 0.786 bits per heavy atom. The molecule has 0 bridgehead atoms. The number of nitrogens with zero attached hydrogens (tertiary/aromatic N) is 1. The monoisotopic (exact) mass is 415 g/mol. The van der Waals surface area contributed by atoms with Gasteiger partial charge in [-0.2, -0.15) is 0 Å². The van der Waals surface area contributed by atoms with E-state index in [0.717, 1.165) is 12.1 Å². The molecule has 0 aliphatic carbocycles. The van der Waals surface area contributed by atoms with Crippen molar-refractivity contribution in [3.05, 3.63) is 89.5 Å². The zero-order chi connectivity index (χ0) is 19.9. The zero-order valence-corrected chi connectivity index (χ0v) is 15.8. The van der Waals surface area contributed by atoms with Gasteiger partial charge in [0.05, 0.1) is 21.0 Å². The first-order chi connectivity index (χ1) is 13.3. The smallest absolute Gasteiger partial charge is 0.208 e. The van der Waals surface area contributed by atoms with Crippen LogP contribution in [0.2, 0.25) is 5.02 Å². The molecule has 28 heavy (non-hydrogen) atoms. The Labute approximate surface area is 165 Å². The molecule has 4 rings (SSSR count). The number of sulfone groups is 1. The van der Waals surface area contributed by atoms with Gasteiger partial charge in [0.15, 0.2) is 0 Å². The summed E-state index contributed by atoms with van der Waals surface area (Å²) in [5.74, 6) is -1.01. The molecule has 3 nitrogen and oxygen atoms in total. The first kappa shape index (κ1) is 18.5. The van der Waals surface area contributed by atoms with Gasteiger partial charge in [-0.05, 0) is 54.6 Å². The van der Waals surface area contributed by atoms with Gasteiger partial charge in [-0.1, -0.05) is 23.7 Å². The predicted octanol–water partition coefficient (Wildman–Crippen LogP) is 5.67. The van der Waals surface area contributed by atoms with Crippen LogP contribution in [0.3, 0.4) is 0 Å². The number of hydrogen-bond donors (Lipinski definition) is 0. The van der Waals surface area contributed by atoms with E-state index < -0.39 is 21.5 Å². The lowest BCUT2D eigenvalue weighted by atomic mass is 10.1. The molecule has 0 fully saturated rings. The molecule has 0 radical (unpaired) electrons. The standard InChI is InChI=1S/C21H12ClF2NO2S/c22-15-4-1-13(2-5-15)21-20(11-14-3-6-17(24)12-19(14)25-21)28(26,27)18-9-7-16(23)8-10-18/h1-12H. The average Bonchev–Trinajstić information content (AvgIpc) is 2.68. The molecule has 0 unspecified atom stereocenters. The molecule has 140 valence electrons. The second-order valence-corrected chi connectivity index (χ2v) is 8.49. The minimum Gasteiger partial charge on any atom is -0.246 e. The molecule has 0 aliphatic heterocycles. The lowest BCUT2D eigenvalue weighted by Crippen LogP contribution is -2.06. The first-order valence-electron chi connectivity index (χ1n) is 8.21. The summed E-state index contributed by atoms with van der Waals surface area (Å²) in [6.07, 6.45) is 0. The van der Waals surface area contributed by atoms with Crippen molar-refractivity contribution in [2.45, 2.75) is 9.79 Å². The van der Waals surface area contributed by atoms with Crippen LogP contribution in [0.15, 0.2) is 82.6 Å². The van der Waals surface area contributed by atoms with Crippen LogP contribution in [0.25, 0.3) is 22.2 Å². The molecule has 0 aliphatic rings. The second-order valence-electron chi connectivity index (χ2n) is 6.14. The lowest BCUT2D eigenvalue weighted by molar-refractivity contribution is 0.595. The molecule has 1 heterocycles. The van der Waals surface area contributed by atoms with Crippen LogP contribution >= 0.6 is 11.6 Å². The molecule has 0 N–H and O–H groups in total. The molecule has 0 amide bonds. The van der Waals surface area contributed by atoms with Gasteiger partial charge < -0.3 is 0 Å². The third-order valence-electron chi connectivity index (χ3n) is 4.28. The number of halogens is 3. The Hall–Kier alpha value is -2.83. The largest absolute Gasteiger partial charge is 0.246 e. The number of fused-ring (bicyclic) bond motifs is 1. The highest BCUT2D eigenvalue weighted by atomic mass is 35.5. The second kappa shape index (κ2) is 6.96. The third-order valence-corrected chi connectivity index (χ3v) is 6.31. The summed E-state index contributed by atoms with van der Waals surface area (Å²) in [5, 5.41) is 0.957. The van der Waals surface area contributed by atoms with Gasteiger partial charge >= 0.3 is 0 Å². The Kier molecular flexibility index (Phi) is 4.61. The summed E-state index contributed by atoms with van der Waals surface area (Å²) in [4.78, 5) is 4.29. The minimum atomic E-state index is -4.00. The molecule has 1 aromatic heterocycles. The van der Waals surface area contributed by atoms with E-state index in [1.807, 2.05) is 0 Å². The molecular formula is C21H12ClF2NO2S. The summed E-state index contributed by atoms with van der Waals surface area (Å²) in [6, 6.07) is 16.5. The zero-order valence-electron chi connectivity index (χ0n) is 14.2. The van der Waals surface area contributed by atoms with E-state index in [2.05, 4.69) is 4.98 Å². The van der Waals surface area contributed by atoms with Gasteiger partial charge in [-0.25, -0.2) is 22.2 Å². The van der Waals surface area contributed by atoms with Gasteiger partial charge in [0.25, 0.3) is 0 Å². The fourth-order valence-electron chi connectivity index (χ4n) is 2.88. The molecule has 0 saturated carbocycles. The van der Waals surface area contributed by atoms with Crippen molar-refractivity contribution in [1.29, 1.82) is 0 Å². The molecule has 3 aromatic carbocycles. The van der Waals surface area contributed by atoms with Crippen LogP contribution in [0.4, 0.5) is 8.78 Å². The van der Waals surface area contributed by atoms with Gasteiger partial charge in [-0.15, -0.1) is 0 Å². The van der Waals surface area contributed by atoms with E-state index >= 15 is 0 Å². The molecule has 7 heteroatoms. The van der Waals surface area contributed by atoms with Gasteiger partial charge in [0, 0.05) is 22.0 Å². The summed E-state index contributed by atoms with van der Waals surface area (Å²) >= 11 is 5.93. The van der Waals surface area contributed by atoms with E-state index in [0.29, 0.717) is 21.5 Å². The molecule has 4 aromatic rings. The van der Waals surface area contributed by atoms with Crippen molar-refractivity contribution < 1.29 is 17.2 Å². The fraction of sp³-hybridized carbons (Fsp3) is 0. The quantitative estimate of drug-likeness (QED) is 0.405. The fourth-order valence-corrected chi connectivity index (χ4v) is 4.46. The van der Waals surface area contributed by atoms with E-state index in [4.69, 9.17) is 11.6 Å². The minimum absolute atomic E-state index is 0.0551. The van der Waals surface area contributed by atoms with Gasteiger partial charge in [0.2, 0.25) is 9.84 Å². The number of rotatable bonds is 3. The van der Waals surface area contributed by atoms with E-state index in [9.17, 15) is 17.2 Å². The summed E-state index contributed by atoms with van der Waals surface area (Å²) in [5.41, 5.74) is 0.998. The van der Waals surface area contributed by atoms with Gasteiger partial charge in [-0.3, -0.25) is 0 Å². The van der Waals surface area contributed by atoms with E-state index in [-0.39, 0.29) is 15.5 Å². The average molecular weight is 416 g/mol. The topological polar surface area (TPSA) is 47.0 Å². The maximum Gasteiger partial charge on any atom is 0.208 e. The predicted molar refractivity (Wildman–Crippen MR) is 104 cm³/mol. The highest BCUT2D eigenvalue weighted by Crippen LogP contribution is 2.33. The van der Waals surface area contributed by atoms with Crippen molar-refractivity contribution in [2.24, 2.45) is 0 Å². The lowest BCUT2D eigenvalue weighted by Gasteiger charge is -2.12. The Balaban J connectivity index is 2.02. The first-order valence-corrected chi connectivity index (χ1v) is 10.1. The summed E-state index contributed by atoms with van der Waals surface area (Å²) < 4.78 is 53.4. The summed E-state index contributed by atoms with van der Waals surface area (Å²) in [7, 11) is -4.00. The van der Waals surface area contributed by atoms with Crippen LogP contribution in [0.5, 0.6) is 0 Å². The number of pyridine rings is 1. The normalized spacial score (nSPS) is 11.7. The Morgan fingerprint density at radius 3 is 2.11 bits per heavy atom. The Bertz CT molecular complexity index is 1290. The third kappa shape index (κ3) is 3.37. The molecular weight excluding hydrogens is 404 g/mol. The van der Waals surface area contributed by atoms with Crippen LogP contribution in [0, 0.1) is 11.6 Å². The van der Waals surface area contributed by atoms with Crippen molar-refractivity contribution in [2.75, 3.05) is 0 Å². The number of hydrogen-bond acceptors (Lipinski definition) is 3. The highest BCUT2D eigenvalue weighted by Gasteiger charge is 2.24. The SMILES string of the molecule is O=S(=O)(c1ccc(F)cc1)c1cc2ccc(F)cc2nc1-c1ccc(Cl)cc1. The van der Waals surface area contributed by atoms with Crippen molar-refractivity contribution in [3.8, 4) is 11.3 Å².